The minimum atomic E-state index is -0.842. The summed E-state index contributed by atoms with van der Waals surface area (Å²) in [6.45, 7) is 0. The molecule has 0 aliphatic heterocycles. The summed E-state index contributed by atoms with van der Waals surface area (Å²) in [7, 11) is 1.60. The Labute approximate surface area is 211 Å². The average Bonchev–Trinajstić information content (AvgIpc) is 2.93. The zero-order valence-corrected chi connectivity index (χ0v) is 20.3. The predicted molar refractivity (Wildman–Crippen MR) is 142 cm³/mol. The van der Waals surface area contributed by atoms with E-state index < -0.39 is 17.4 Å². The lowest BCUT2D eigenvalue weighted by molar-refractivity contribution is -0.127. The smallest absolute Gasteiger partial charge is 0.240 e. The first-order chi connectivity index (χ1) is 17.5. The van der Waals surface area contributed by atoms with Crippen molar-refractivity contribution in [1.82, 2.24) is 5.32 Å². The molecule has 0 unspecified atom stereocenters. The van der Waals surface area contributed by atoms with Gasteiger partial charge in [-0.25, -0.2) is 0 Å². The second kappa shape index (κ2) is 11.4. The number of benzene rings is 4. The lowest BCUT2D eigenvalue weighted by atomic mass is 9.67. The summed E-state index contributed by atoms with van der Waals surface area (Å²) in [5, 5.41) is 2.91. The van der Waals surface area contributed by atoms with Gasteiger partial charge in [0.1, 0.15) is 11.8 Å². The Kier molecular flexibility index (Phi) is 7.81. The van der Waals surface area contributed by atoms with Crippen LogP contribution in [0.3, 0.4) is 0 Å². The number of ether oxygens (including phenoxy) is 1. The standard InChI is InChI=1S/C31H30N2O3/c1-36-27-19-17-23(18-20-27)21-28(30(32)35)33-29(34)22-31(24-11-5-2-6-12-24,25-13-7-3-8-14-25)26-15-9-4-10-16-26/h2-20,28H,21-22H2,1H3,(H2,32,35)(H,33,34)/t28-/m0/s1. The number of nitrogens with one attached hydrogen (secondary N) is 1. The SMILES string of the molecule is COc1ccc(C[C@H](NC(=O)CC(c2ccccc2)(c2ccccc2)c2ccccc2)C(N)=O)cc1. The summed E-state index contributed by atoms with van der Waals surface area (Å²) in [6, 6.07) is 36.5. The Morgan fingerprint density at radius 3 is 1.58 bits per heavy atom. The van der Waals surface area contributed by atoms with Crippen molar-refractivity contribution >= 4 is 11.8 Å². The Bertz CT molecular complexity index is 1180. The van der Waals surface area contributed by atoms with E-state index in [4.69, 9.17) is 10.5 Å². The molecule has 4 rings (SSSR count). The van der Waals surface area contributed by atoms with Crippen LogP contribution in [-0.2, 0) is 21.4 Å². The average molecular weight is 479 g/mol. The quantitative estimate of drug-likeness (QED) is 0.326. The van der Waals surface area contributed by atoms with Crippen molar-refractivity contribution in [2.45, 2.75) is 24.3 Å². The Morgan fingerprint density at radius 2 is 1.19 bits per heavy atom. The zero-order chi connectivity index (χ0) is 25.4. The van der Waals surface area contributed by atoms with Crippen LogP contribution >= 0.6 is 0 Å². The van der Waals surface area contributed by atoms with Gasteiger partial charge in [0.2, 0.25) is 11.8 Å². The summed E-state index contributed by atoms with van der Waals surface area (Å²) < 4.78 is 5.21. The largest absolute Gasteiger partial charge is 0.497 e. The Morgan fingerprint density at radius 1 is 0.750 bits per heavy atom. The highest BCUT2D eigenvalue weighted by molar-refractivity contribution is 5.88. The maximum absolute atomic E-state index is 13.6. The maximum atomic E-state index is 13.6. The number of rotatable bonds is 10. The van der Waals surface area contributed by atoms with Crippen LogP contribution < -0.4 is 15.8 Å². The molecule has 0 radical (unpaired) electrons. The zero-order valence-electron chi connectivity index (χ0n) is 20.3. The molecular weight excluding hydrogens is 448 g/mol. The molecule has 1 atom stereocenters. The van der Waals surface area contributed by atoms with Gasteiger partial charge in [-0.15, -0.1) is 0 Å². The van der Waals surface area contributed by atoms with Gasteiger partial charge in [-0.3, -0.25) is 9.59 Å². The third kappa shape index (κ3) is 5.47. The summed E-state index contributed by atoms with van der Waals surface area (Å²) in [5.74, 6) is -0.121. The van der Waals surface area contributed by atoms with Crippen LogP contribution in [0, 0.1) is 0 Å². The van der Waals surface area contributed by atoms with Gasteiger partial charge in [0.25, 0.3) is 0 Å². The van der Waals surface area contributed by atoms with Gasteiger partial charge in [0.15, 0.2) is 0 Å². The molecule has 5 nitrogen and oxygen atoms in total. The molecule has 0 aromatic heterocycles. The second-order valence-corrected chi connectivity index (χ2v) is 8.75. The molecule has 0 bridgehead atoms. The van der Waals surface area contributed by atoms with Crippen molar-refractivity contribution in [2.75, 3.05) is 7.11 Å². The maximum Gasteiger partial charge on any atom is 0.240 e. The van der Waals surface area contributed by atoms with Gasteiger partial charge in [-0.1, -0.05) is 103 Å². The number of carbonyl (C=O) groups excluding carboxylic acids is 2. The monoisotopic (exact) mass is 478 g/mol. The molecule has 0 saturated heterocycles. The highest BCUT2D eigenvalue weighted by Crippen LogP contribution is 2.42. The van der Waals surface area contributed by atoms with Crippen molar-refractivity contribution in [1.29, 1.82) is 0 Å². The van der Waals surface area contributed by atoms with Crippen molar-refractivity contribution in [2.24, 2.45) is 5.73 Å². The summed E-state index contributed by atoms with van der Waals surface area (Å²) in [5.41, 5.74) is 8.80. The molecule has 3 N–H and O–H groups in total. The van der Waals surface area contributed by atoms with Gasteiger partial charge in [0.05, 0.1) is 12.5 Å². The predicted octanol–water partition coefficient (Wildman–Crippen LogP) is 4.63. The van der Waals surface area contributed by atoms with E-state index in [9.17, 15) is 9.59 Å². The van der Waals surface area contributed by atoms with E-state index in [2.05, 4.69) is 5.32 Å². The molecule has 0 aliphatic carbocycles. The number of hydrogen-bond donors (Lipinski definition) is 2. The first-order valence-electron chi connectivity index (χ1n) is 11.9. The van der Waals surface area contributed by atoms with E-state index >= 15 is 0 Å². The van der Waals surface area contributed by atoms with Gasteiger partial charge in [-0.2, -0.15) is 0 Å². The highest BCUT2D eigenvalue weighted by Gasteiger charge is 2.39. The van der Waals surface area contributed by atoms with E-state index in [-0.39, 0.29) is 12.3 Å². The fourth-order valence-corrected chi connectivity index (χ4v) is 4.68. The summed E-state index contributed by atoms with van der Waals surface area (Å²) in [4.78, 5) is 26.0. The fraction of sp³-hybridized carbons (Fsp3) is 0.161. The molecule has 0 aliphatic rings. The summed E-state index contributed by atoms with van der Waals surface area (Å²) >= 11 is 0. The number of amides is 2. The van der Waals surface area contributed by atoms with Crippen LogP contribution in [-0.4, -0.2) is 25.0 Å². The third-order valence-electron chi connectivity index (χ3n) is 6.50. The van der Waals surface area contributed by atoms with Gasteiger partial charge < -0.3 is 15.8 Å². The highest BCUT2D eigenvalue weighted by atomic mass is 16.5. The van der Waals surface area contributed by atoms with Crippen LogP contribution in [0.4, 0.5) is 0 Å². The van der Waals surface area contributed by atoms with Crippen LogP contribution in [0.1, 0.15) is 28.7 Å². The minimum absolute atomic E-state index is 0.109. The fourth-order valence-electron chi connectivity index (χ4n) is 4.68. The molecular formula is C31H30N2O3. The molecule has 0 heterocycles. The van der Waals surface area contributed by atoms with Crippen LogP contribution in [0.15, 0.2) is 115 Å². The molecule has 0 saturated carbocycles. The van der Waals surface area contributed by atoms with E-state index in [0.717, 1.165) is 28.0 Å². The summed E-state index contributed by atoms with van der Waals surface area (Å²) in [6.07, 6.45) is 0.400. The molecule has 0 spiro atoms. The number of carbonyl (C=O) groups is 2. The molecule has 4 aromatic rings. The molecule has 36 heavy (non-hydrogen) atoms. The molecule has 182 valence electrons. The van der Waals surface area contributed by atoms with Crippen LogP contribution in [0.2, 0.25) is 0 Å². The number of primary amides is 1. The van der Waals surface area contributed by atoms with E-state index in [0.29, 0.717) is 6.42 Å². The van der Waals surface area contributed by atoms with Gasteiger partial charge in [0, 0.05) is 12.8 Å². The second-order valence-electron chi connectivity index (χ2n) is 8.75. The normalized spacial score (nSPS) is 11.9. The third-order valence-corrected chi connectivity index (χ3v) is 6.50. The topological polar surface area (TPSA) is 81.4 Å². The molecule has 2 amide bonds. The Balaban J connectivity index is 1.69. The lowest BCUT2D eigenvalue weighted by Gasteiger charge is -2.36. The van der Waals surface area contributed by atoms with Crippen LogP contribution in [0.5, 0.6) is 5.75 Å². The van der Waals surface area contributed by atoms with Crippen molar-refractivity contribution in [3.63, 3.8) is 0 Å². The number of nitrogens with two attached hydrogens (primary N) is 1. The lowest BCUT2D eigenvalue weighted by Crippen LogP contribution is -2.48. The van der Waals surface area contributed by atoms with E-state index in [1.165, 1.54) is 0 Å². The minimum Gasteiger partial charge on any atom is -0.497 e. The van der Waals surface area contributed by atoms with Crippen LogP contribution in [0.25, 0.3) is 0 Å². The first-order valence-corrected chi connectivity index (χ1v) is 11.9. The molecule has 0 fully saturated rings. The van der Waals surface area contributed by atoms with E-state index in [1.807, 2.05) is 115 Å². The molecule has 4 aromatic carbocycles. The van der Waals surface area contributed by atoms with Gasteiger partial charge >= 0.3 is 0 Å². The van der Waals surface area contributed by atoms with E-state index in [1.54, 1.807) is 7.11 Å². The first kappa shape index (κ1) is 24.7. The van der Waals surface area contributed by atoms with Crippen molar-refractivity contribution < 1.29 is 14.3 Å². The number of methoxy groups -OCH3 is 1. The number of hydrogen-bond acceptors (Lipinski definition) is 3. The Hall–Kier alpha value is -4.38. The molecule has 5 heteroatoms. The van der Waals surface area contributed by atoms with Crippen molar-refractivity contribution in [3.05, 3.63) is 138 Å². The van der Waals surface area contributed by atoms with Gasteiger partial charge in [-0.05, 0) is 34.4 Å². The van der Waals surface area contributed by atoms with Crippen molar-refractivity contribution in [3.8, 4) is 5.75 Å².